The van der Waals surface area contributed by atoms with E-state index in [9.17, 15) is 9.59 Å². The van der Waals surface area contributed by atoms with Gasteiger partial charge in [-0.1, -0.05) is 29.8 Å². The maximum atomic E-state index is 12.6. The molecule has 0 bridgehead atoms. The Morgan fingerprint density at radius 1 is 1.15 bits per heavy atom. The fourth-order valence-corrected chi connectivity index (χ4v) is 3.17. The highest BCUT2D eigenvalue weighted by molar-refractivity contribution is 5.94. The Morgan fingerprint density at radius 3 is 2.54 bits per heavy atom. The number of carboxylic acids is 1. The van der Waals surface area contributed by atoms with Crippen molar-refractivity contribution in [2.45, 2.75) is 38.8 Å². The Bertz CT molecular complexity index is 817. The topological polar surface area (TPSA) is 88.5 Å². The van der Waals surface area contributed by atoms with E-state index in [2.05, 4.69) is 10.3 Å². The number of aromatic nitrogens is 1. The molecule has 1 fully saturated rings. The number of carbonyl (C=O) groups excluding carboxylic acids is 1. The molecular weight excluding hydrogens is 332 g/mol. The zero-order valence-electron chi connectivity index (χ0n) is 14.9. The van der Waals surface area contributed by atoms with Gasteiger partial charge in [-0.25, -0.2) is 9.78 Å². The van der Waals surface area contributed by atoms with E-state index in [1.807, 2.05) is 31.2 Å². The number of amides is 1. The number of carbonyl (C=O) groups is 2. The molecule has 2 N–H and O–H groups in total. The lowest BCUT2D eigenvalue weighted by molar-refractivity contribution is -0.00951. The summed E-state index contributed by atoms with van der Waals surface area (Å²) in [6.45, 7) is 4.27. The summed E-state index contributed by atoms with van der Waals surface area (Å²) < 4.78 is 5.91. The molecule has 2 unspecified atom stereocenters. The normalized spacial score (nSPS) is 19.8. The first-order valence-corrected chi connectivity index (χ1v) is 8.65. The van der Waals surface area contributed by atoms with Crippen LogP contribution in [0.2, 0.25) is 0 Å². The summed E-state index contributed by atoms with van der Waals surface area (Å²) in [5.74, 6) is -1.38. The van der Waals surface area contributed by atoms with Crippen LogP contribution in [-0.4, -0.2) is 34.6 Å². The monoisotopic (exact) mass is 354 g/mol. The van der Waals surface area contributed by atoms with Crippen LogP contribution in [0.5, 0.6) is 0 Å². The number of pyridine rings is 1. The third kappa shape index (κ3) is 3.91. The fourth-order valence-electron chi connectivity index (χ4n) is 3.17. The average molecular weight is 354 g/mol. The molecule has 1 aliphatic heterocycles. The van der Waals surface area contributed by atoms with Crippen molar-refractivity contribution >= 4 is 11.9 Å². The summed E-state index contributed by atoms with van der Waals surface area (Å²) in [5.41, 5.74) is 2.83. The first-order chi connectivity index (χ1) is 12.5. The van der Waals surface area contributed by atoms with Crippen molar-refractivity contribution in [2.24, 2.45) is 0 Å². The van der Waals surface area contributed by atoms with Crippen molar-refractivity contribution in [1.82, 2.24) is 10.3 Å². The van der Waals surface area contributed by atoms with E-state index in [1.54, 1.807) is 6.92 Å². The maximum absolute atomic E-state index is 12.6. The molecule has 1 aromatic carbocycles. The summed E-state index contributed by atoms with van der Waals surface area (Å²) in [6, 6.07) is 10.8. The van der Waals surface area contributed by atoms with Crippen molar-refractivity contribution < 1.29 is 19.4 Å². The molecule has 1 saturated heterocycles. The minimum atomic E-state index is -1.05. The highest BCUT2D eigenvalue weighted by atomic mass is 16.5. The number of aromatic carboxylic acids is 1. The molecule has 2 aromatic rings. The van der Waals surface area contributed by atoms with Gasteiger partial charge in [0.15, 0.2) is 0 Å². The standard InChI is InChI=1S/C20H22N2O4/c1-12-5-7-14(8-6-12)18-16(4-3-11-26-18)22-19(23)17-10-9-15(20(24)25)13(2)21-17/h5-10,16,18H,3-4,11H2,1-2H3,(H,22,23)(H,24,25). The number of nitrogens with zero attached hydrogens (tertiary/aromatic N) is 1. The molecule has 136 valence electrons. The zero-order chi connectivity index (χ0) is 18.7. The van der Waals surface area contributed by atoms with Crippen LogP contribution < -0.4 is 5.32 Å². The number of rotatable bonds is 4. The largest absolute Gasteiger partial charge is 0.478 e. The average Bonchev–Trinajstić information content (AvgIpc) is 2.62. The first-order valence-electron chi connectivity index (χ1n) is 8.65. The predicted molar refractivity (Wildman–Crippen MR) is 96.3 cm³/mol. The second-order valence-corrected chi connectivity index (χ2v) is 6.56. The van der Waals surface area contributed by atoms with Crippen LogP contribution in [0.15, 0.2) is 36.4 Å². The van der Waals surface area contributed by atoms with Gasteiger partial charge in [0.25, 0.3) is 5.91 Å². The summed E-state index contributed by atoms with van der Waals surface area (Å²) in [4.78, 5) is 27.8. The van der Waals surface area contributed by atoms with Gasteiger partial charge in [0.1, 0.15) is 11.8 Å². The van der Waals surface area contributed by atoms with Gasteiger partial charge in [-0.3, -0.25) is 4.79 Å². The molecule has 0 aliphatic carbocycles. The van der Waals surface area contributed by atoms with Crippen LogP contribution in [0.4, 0.5) is 0 Å². The Kier molecular flexibility index (Phi) is 5.32. The molecule has 1 aliphatic rings. The number of hydrogen-bond donors (Lipinski definition) is 2. The molecule has 0 saturated carbocycles. The van der Waals surface area contributed by atoms with Gasteiger partial charge in [0.2, 0.25) is 0 Å². The Morgan fingerprint density at radius 2 is 1.88 bits per heavy atom. The third-order valence-electron chi connectivity index (χ3n) is 4.59. The molecule has 1 amide bonds. The van der Waals surface area contributed by atoms with Gasteiger partial charge in [-0.15, -0.1) is 0 Å². The van der Waals surface area contributed by atoms with Crippen LogP contribution in [0.3, 0.4) is 0 Å². The summed E-state index contributed by atoms with van der Waals surface area (Å²) in [7, 11) is 0. The fraction of sp³-hybridized carbons (Fsp3) is 0.350. The molecule has 26 heavy (non-hydrogen) atoms. The quantitative estimate of drug-likeness (QED) is 0.881. The van der Waals surface area contributed by atoms with E-state index in [-0.39, 0.29) is 29.3 Å². The molecule has 0 spiro atoms. The summed E-state index contributed by atoms with van der Waals surface area (Å²) >= 11 is 0. The van der Waals surface area contributed by atoms with Crippen LogP contribution >= 0.6 is 0 Å². The van der Waals surface area contributed by atoms with Gasteiger partial charge in [-0.2, -0.15) is 0 Å². The second kappa shape index (κ2) is 7.66. The van der Waals surface area contributed by atoms with Crippen molar-refractivity contribution in [1.29, 1.82) is 0 Å². The molecule has 0 radical (unpaired) electrons. The van der Waals surface area contributed by atoms with E-state index in [0.29, 0.717) is 12.3 Å². The highest BCUT2D eigenvalue weighted by Crippen LogP contribution is 2.29. The minimum Gasteiger partial charge on any atom is -0.478 e. The minimum absolute atomic E-state index is 0.0973. The van der Waals surface area contributed by atoms with Gasteiger partial charge in [0.05, 0.1) is 17.3 Å². The molecule has 2 atom stereocenters. The number of benzene rings is 1. The van der Waals surface area contributed by atoms with Gasteiger partial charge in [-0.05, 0) is 44.4 Å². The summed E-state index contributed by atoms with van der Waals surface area (Å²) in [6.07, 6.45) is 1.49. The molecular formula is C20H22N2O4. The van der Waals surface area contributed by atoms with E-state index in [4.69, 9.17) is 9.84 Å². The van der Waals surface area contributed by atoms with E-state index < -0.39 is 5.97 Å². The SMILES string of the molecule is Cc1ccc(C2OCCCC2NC(=O)c2ccc(C(=O)O)c(C)n2)cc1. The predicted octanol–water partition coefficient (Wildman–Crippen LogP) is 3.05. The highest BCUT2D eigenvalue weighted by Gasteiger charge is 2.29. The summed E-state index contributed by atoms with van der Waals surface area (Å²) in [5, 5.41) is 12.1. The van der Waals surface area contributed by atoms with Crippen LogP contribution in [-0.2, 0) is 4.74 Å². The Labute approximate surface area is 152 Å². The third-order valence-corrected chi connectivity index (χ3v) is 4.59. The van der Waals surface area contributed by atoms with Crippen molar-refractivity contribution in [3.8, 4) is 0 Å². The van der Waals surface area contributed by atoms with E-state index >= 15 is 0 Å². The smallest absolute Gasteiger partial charge is 0.337 e. The lowest BCUT2D eigenvalue weighted by atomic mass is 9.95. The van der Waals surface area contributed by atoms with E-state index in [1.165, 1.54) is 17.7 Å². The van der Waals surface area contributed by atoms with Crippen molar-refractivity contribution in [2.75, 3.05) is 6.61 Å². The number of nitrogens with one attached hydrogen (secondary N) is 1. The van der Waals surface area contributed by atoms with Gasteiger partial charge < -0.3 is 15.2 Å². The van der Waals surface area contributed by atoms with Crippen molar-refractivity contribution in [3.63, 3.8) is 0 Å². The number of hydrogen-bond acceptors (Lipinski definition) is 4. The number of carboxylic acid groups (broad SMARTS) is 1. The van der Waals surface area contributed by atoms with Gasteiger partial charge >= 0.3 is 5.97 Å². The maximum Gasteiger partial charge on any atom is 0.337 e. The number of aryl methyl sites for hydroxylation is 2. The zero-order valence-corrected chi connectivity index (χ0v) is 14.9. The van der Waals surface area contributed by atoms with Crippen LogP contribution in [0, 0.1) is 13.8 Å². The van der Waals surface area contributed by atoms with Crippen LogP contribution in [0.1, 0.15) is 56.6 Å². The molecule has 6 nitrogen and oxygen atoms in total. The molecule has 3 rings (SSSR count). The second-order valence-electron chi connectivity index (χ2n) is 6.56. The first kappa shape index (κ1) is 18.1. The van der Waals surface area contributed by atoms with Crippen molar-refractivity contribution in [3.05, 3.63) is 64.5 Å². The lowest BCUT2D eigenvalue weighted by Gasteiger charge is -2.32. The lowest BCUT2D eigenvalue weighted by Crippen LogP contribution is -2.43. The molecule has 2 heterocycles. The Hall–Kier alpha value is -2.73. The van der Waals surface area contributed by atoms with E-state index in [0.717, 1.165) is 18.4 Å². The van der Waals surface area contributed by atoms with Crippen LogP contribution in [0.25, 0.3) is 0 Å². The molecule has 1 aromatic heterocycles. The van der Waals surface area contributed by atoms with Gasteiger partial charge in [0, 0.05) is 6.61 Å². The molecule has 6 heteroatoms. The Balaban J connectivity index is 1.77. The number of ether oxygens (including phenoxy) is 1.